The van der Waals surface area contributed by atoms with E-state index in [1.807, 2.05) is 13.8 Å². The quantitative estimate of drug-likeness (QED) is 0.631. The highest BCUT2D eigenvalue weighted by Crippen LogP contribution is 2.24. The smallest absolute Gasteiger partial charge is 0.106 e. The number of hydrogen-bond donors (Lipinski definition) is 2. The van der Waals surface area contributed by atoms with Crippen molar-refractivity contribution in [3.63, 3.8) is 0 Å². The van der Waals surface area contributed by atoms with Gasteiger partial charge in [-0.2, -0.15) is 0 Å². The van der Waals surface area contributed by atoms with E-state index < -0.39 is 11.2 Å². The third kappa shape index (κ3) is 2.43. The summed E-state index contributed by atoms with van der Waals surface area (Å²) < 4.78 is 5.37. The second-order valence-corrected chi connectivity index (χ2v) is 3.43. The molecule has 0 fully saturated rings. The molecule has 0 aliphatic carbocycles. The Balaban J connectivity index is 4.33. The summed E-state index contributed by atoms with van der Waals surface area (Å²) in [6, 6.07) is 0. The number of aliphatic hydroxyl groups is 1. The van der Waals surface area contributed by atoms with E-state index in [1.165, 1.54) is 0 Å². The molecule has 0 aliphatic rings. The number of nitrogens with two attached hydrogens (primary N) is 1. The third-order valence-electron chi connectivity index (χ3n) is 2.15. The lowest BCUT2D eigenvalue weighted by Gasteiger charge is -2.39. The summed E-state index contributed by atoms with van der Waals surface area (Å²) in [4.78, 5) is 0. The number of ether oxygens (including phenoxy) is 1. The van der Waals surface area contributed by atoms with E-state index in [1.54, 1.807) is 13.8 Å². The maximum atomic E-state index is 9.66. The highest BCUT2D eigenvalue weighted by atomic mass is 16.5. The van der Waals surface area contributed by atoms with Crippen molar-refractivity contribution in [3.05, 3.63) is 0 Å². The lowest BCUT2D eigenvalue weighted by atomic mass is 9.87. The fourth-order valence-corrected chi connectivity index (χ4v) is 0.804. The maximum absolute atomic E-state index is 9.66. The van der Waals surface area contributed by atoms with Crippen LogP contribution in [0, 0.1) is 0 Å². The molecule has 11 heavy (non-hydrogen) atoms. The molecule has 1 unspecified atom stereocenters. The van der Waals surface area contributed by atoms with Gasteiger partial charge >= 0.3 is 0 Å². The van der Waals surface area contributed by atoms with Crippen LogP contribution < -0.4 is 5.73 Å². The van der Waals surface area contributed by atoms with E-state index in [2.05, 4.69) is 0 Å². The Morgan fingerprint density at radius 3 is 1.91 bits per heavy atom. The van der Waals surface area contributed by atoms with Crippen molar-refractivity contribution in [2.24, 2.45) is 5.73 Å². The van der Waals surface area contributed by atoms with Crippen molar-refractivity contribution in [2.75, 3.05) is 13.2 Å². The Bertz CT molecular complexity index is 120. The molecule has 1 atom stereocenters. The third-order valence-corrected chi connectivity index (χ3v) is 2.15. The van der Waals surface area contributed by atoms with Crippen LogP contribution in [0.1, 0.15) is 27.7 Å². The summed E-state index contributed by atoms with van der Waals surface area (Å²) >= 11 is 0. The molecule has 0 saturated heterocycles. The first-order chi connectivity index (χ1) is 4.87. The van der Waals surface area contributed by atoms with Crippen LogP contribution in [-0.2, 0) is 4.74 Å². The van der Waals surface area contributed by atoms with Gasteiger partial charge in [-0.25, -0.2) is 0 Å². The molecule has 0 saturated carbocycles. The van der Waals surface area contributed by atoms with Gasteiger partial charge in [0.05, 0.1) is 5.60 Å². The van der Waals surface area contributed by atoms with Crippen molar-refractivity contribution in [3.8, 4) is 0 Å². The molecule has 0 aromatic carbocycles. The second kappa shape index (κ2) is 3.52. The van der Waals surface area contributed by atoms with Gasteiger partial charge in [-0.15, -0.1) is 0 Å². The molecule has 3 heteroatoms. The van der Waals surface area contributed by atoms with Crippen LogP contribution in [0.15, 0.2) is 0 Å². The number of hydrogen-bond acceptors (Lipinski definition) is 3. The molecule has 0 radical (unpaired) electrons. The summed E-state index contributed by atoms with van der Waals surface area (Å²) in [5.74, 6) is 0. The van der Waals surface area contributed by atoms with Crippen molar-refractivity contribution >= 4 is 0 Å². The van der Waals surface area contributed by atoms with Gasteiger partial charge < -0.3 is 15.6 Å². The Morgan fingerprint density at radius 1 is 1.36 bits per heavy atom. The van der Waals surface area contributed by atoms with Crippen LogP contribution in [0.25, 0.3) is 0 Å². The molecular weight excluding hydrogens is 142 g/mol. The standard InChI is InChI=1S/C8H19NO2/c1-5-11-8(4,6-9)7(2,3)10/h10H,5-6,9H2,1-4H3. The van der Waals surface area contributed by atoms with E-state index >= 15 is 0 Å². The van der Waals surface area contributed by atoms with Crippen LogP contribution in [0.5, 0.6) is 0 Å². The largest absolute Gasteiger partial charge is 0.387 e. The minimum Gasteiger partial charge on any atom is -0.387 e. The minimum atomic E-state index is -0.891. The van der Waals surface area contributed by atoms with Gasteiger partial charge in [0.25, 0.3) is 0 Å². The monoisotopic (exact) mass is 161 g/mol. The predicted molar refractivity (Wildman–Crippen MR) is 45.4 cm³/mol. The summed E-state index contributed by atoms with van der Waals surface area (Å²) in [7, 11) is 0. The topological polar surface area (TPSA) is 55.5 Å². The zero-order valence-corrected chi connectivity index (χ0v) is 7.85. The average Bonchev–Trinajstić information content (AvgIpc) is 1.86. The van der Waals surface area contributed by atoms with E-state index in [9.17, 15) is 5.11 Å². The molecule has 68 valence electrons. The summed E-state index contributed by atoms with van der Waals surface area (Å²) in [6.45, 7) is 8.00. The SMILES string of the molecule is CCOC(C)(CN)C(C)(C)O. The Morgan fingerprint density at radius 2 is 1.82 bits per heavy atom. The van der Waals surface area contributed by atoms with Crippen molar-refractivity contribution in [2.45, 2.75) is 38.9 Å². The maximum Gasteiger partial charge on any atom is 0.106 e. The van der Waals surface area contributed by atoms with E-state index in [-0.39, 0.29) is 0 Å². The average molecular weight is 161 g/mol. The number of rotatable bonds is 4. The van der Waals surface area contributed by atoms with Crippen LogP contribution in [0.3, 0.4) is 0 Å². The first-order valence-electron chi connectivity index (χ1n) is 3.94. The van der Waals surface area contributed by atoms with Gasteiger partial charge in [-0.3, -0.25) is 0 Å². The Hall–Kier alpha value is -0.120. The zero-order chi connectivity index (χ0) is 9.12. The zero-order valence-electron chi connectivity index (χ0n) is 7.85. The van der Waals surface area contributed by atoms with Gasteiger partial charge in [0, 0.05) is 13.2 Å². The highest BCUT2D eigenvalue weighted by molar-refractivity contribution is 4.92. The van der Waals surface area contributed by atoms with Crippen LogP contribution in [-0.4, -0.2) is 29.5 Å². The fraction of sp³-hybridized carbons (Fsp3) is 1.00. The second-order valence-electron chi connectivity index (χ2n) is 3.43. The van der Waals surface area contributed by atoms with Crippen molar-refractivity contribution in [1.29, 1.82) is 0 Å². The molecule has 3 N–H and O–H groups in total. The molecule has 0 aromatic rings. The van der Waals surface area contributed by atoms with Gasteiger partial charge in [0.1, 0.15) is 5.60 Å². The molecule has 3 nitrogen and oxygen atoms in total. The van der Waals surface area contributed by atoms with Gasteiger partial charge in [0.15, 0.2) is 0 Å². The molecule has 0 aromatic heterocycles. The van der Waals surface area contributed by atoms with Gasteiger partial charge in [-0.05, 0) is 27.7 Å². The van der Waals surface area contributed by atoms with E-state index in [0.29, 0.717) is 13.2 Å². The highest BCUT2D eigenvalue weighted by Gasteiger charge is 2.38. The first-order valence-corrected chi connectivity index (χ1v) is 3.94. The summed E-state index contributed by atoms with van der Waals surface area (Å²) in [6.07, 6.45) is 0. The molecule has 0 amide bonds. The summed E-state index contributed by atoms with van der Waals surface area (Å²) in [5, 5.41) is 9.66. The van der Waals surface area contributed by atoms with Crippen LogP contribution >= 0.6 is 0 Å². The van der Waals surface area contributed by atoms with Crippen molar-refractivity contribution < 1.29 is 9.84 Å². The van der Waals surface area contributed by atoms with Gasteiger partial charge in [-0.1, -0.05) is 0 Å². The predicted octanol–water partition coefficient (Wildman–Crippen LogP) is 0.511. The minimum absolute atomic E-state index is 0.324. The van der Waals surface area contributed by atoms with Gasteiger partial charge in [0.2, 0.25) is 0 Å². The molecule has 0 spiro atoms. The molecule has 0 heterocycles. The fourth-order valence-electron chi connectivity index (χ4n) is 0.804. The normalized spacial score (nSPS) is 18.0. The lowest BCUT2D eigenvalue weighted by Crippen LogP contribution is -2.54. The summed E-state index contributed by atoms with van der Waals surface area (Å²) in [5.41, 5.74) is 3.97. The van der Waals surface area contributed by atoms with E-state index in [0.717, 1.165) is 0 Å². The Labute approximate surface area is 68.5 Å². The molecule has 0 aliphatic heterocycles. The lowest BCUT2D eigenvalue weighted by molar-refractivity contribution is -0.149. The molecular formula is C8H19NO2. The van der Waals surface area contributed by atoms with E-state index in [4.69, 9.17) is 10.5 Å². The molecule has 0 rings (SSSR count). The van der Waals surface area contributed by atoms with Crippen molar-refractivity contribution in [1.82, 2.24) is 0 Å². The van der Waals surface area contributed by atoms with Crippen LogP contribution in [0.2, 0.25) is 0 Å². The first kappa shape index (κ1) is 10.9. The van der Waals surface area contributed by atoms with Crippen LogP contribution in [0.4, 0.5) is 0 Å². The Kier molecular flexibility index (Phi) is 3.48. The molecule has 0 bridgehead atoms.